The van der Waals surface area contributed by atoms with Crippen LogP contribution in [0.1, 0.15) is 137 Å². The van der Waals surface area contributed by atoms with E-state index in [1.165, 1.54) is 145 Å². The maximum atomic E-state index is 5.17. The fourth-order valence-electron chi connectivity index (χ4n) is 16.2. The monoisotopic (exact) mass is 1030 g/mol. The van der Waals surface area contributed by atoms with E-state index in [9.17, 15) is 0 Å². The standard InChI is InChI=1S/C73H70N6/c1-40-31-45(6)66(46(7)32-40)78-69-53-33-41(2)29-43(4)63(53)64-44(5)30-42(3)34-55(64)73(69,13)79-61-39-50-52(70(78)79)35-47(57-23-19-20-27-74-57)36-60(50)76-59-25-18-16-22-54(59)72(11,12)56-38-51-49-21-15-17-24-58(49)77(67(51)65(61)68(56)76)62-37-48(71(8,9)10)26-28-75(62)14/h15-38,61,69H,39H2,1-14H3/q+2/t61?,69-,73+/m0/s1. The Labute approximate surface area is 466 Å². The Balaban J connectivity index is 1.21. The predicted molar refractivity (Wildman–Crippen MR) is 326 cm³/mol. The number of para-hydroxylation sites is 2. The van der Waals surface area contributed by atoms with Gasteiger partial charge in [-0.3, -0.25) is 4.98 Å². The second-order valence-corrected chi connectivity index (χ2v) is 25.9. The molecule has 0 saturated carbocycles. The summed E-state index contributed by atoms with van der Waals surface area (Å²) < 4.78 is 8.04. The van der Waals surface area contributed by atoms with Gasteiger partial charge in [0.2, 0.25) is 0 Å². The molecule has 15 rings (SSSR count). The summed E-state index contributed by atoms with van der Waals surface area (Å²) in [5.41, 5.74) is 31.3. The molecule has 7 aromatic carbocycles. The van der Waals surface area contributed by atoms with Gasteiger partial charge in [-0.1, -0.05) is 124 Å². The normalized spacial score (nSPS) is 19.0. The number of pyridine rings is 2. The summed E-state index contributed by atoms with van der Waals surface area (Å²) in [4.78, 5) is 10.8. The van der Waals surface area contributed by atoms with Gasteiger partial charge in [-0.15, -0.1) is 0 Å². The van der Waals surface area contributed by atoms with E-state index >= 15 is 0 Å². The highest BCUT2D eigenvalue weighted by Gasteiger charge is 2.67. The van der Waals surface area contributed by atoms with Crippen molar-refractivity contribution in [3.05, 3.63) is 229 Å². The lowest BCUT2D eigenvalue weighted by Gasteiger charge is -2.44. The van der Waals surface area contributed by atoms with Crippen molar-refractivity contribution in [1.82, 2.24) is 9.55 Å². The molecule has 0 saturated heterocycles. The molecule has 6 heteroatoms. The van der Waals surface area contributed by atoms with Crippen molar-refractivity contribution in [1.29, 1.82) is 0 Å². The highest BCUT2D eigenvalue weighted by atomic mass is 15.4. The van der Waals surface area contributed by atoms with E-state index in [0.717, 1.165) is 23.5 Å². The van der Waals surface area contributed by atoms with Crippen LogP contribution in [-0.4, -0.2) is 20.0 Å². The molecule has 3 atom stereocenters. The van der Waals surface area contributed by atoms with Gasteiger partial charge >= 0.3 is 0 Å². The number of hydrogen-bond acceptors (Lipinski definition) is 3. The molecule has 7 heterocycles. The van der Waals surface area contributed by atoms with Crippen LogP contribution in [-0.2, 0) is 29.8 Å². The van der Waals surface area contributed by atoms with Gasteiger partial charge in [0.15, 0.2) is 17.1 Å². The lowest BCUT2D eigenvalue weighted by Crippen LogP contribution is -2.45. The Morgan fingerprint density at radius 3 is 2.05 bits per heavy atom. The molecule has 390 valence electrons. The zero-order chi connectivity index (χ0) is 54.7. The highest BCUT2D eigenvalue weighted by Crippen LogP contribution is 2.66. The number of fused-ring (bicyclic) bond motifs is 14. The van der Waals surface area contributed by atoms with E-state index in [1.54, 1.807) is 0 Å². The maximum Gasteiger partial charge on any atom is 0.287 e. The van der Waals surface area contributed by atoms with Crippen LogP contribution in [0.25, 0.3) is 50.0 Å². The second kappa shape index (κ2) is 16.0. The molecule has 79 heavy (non-hydrogen) atoms. The minimum Gasteiger partial charge on any atom is -0.309 e. The molecular formula is C73H70N6+2. The van der Waals surface area contributed by atoms with E-state index in [0.29, 0.717) is 0 Å². The molecule has 4 aliphatic heterocycles. The van der Waals surface area contributed by atoms with Crippen LogP contribution in [0.3, 0.4) is 0 Å². The van der Waals surface area contributed by atoms with Gasteiger partial charge in [-0.05, 0) is 171 Å². The van der Waals surface area contributed by atoms with Crippen molar-refractivity contribution in [2.24, 2.45) is 7.05 Å². The van der Waals surface area contributed by atoms with E-state index in [2.05, 4.69) is 254 Å². The number of anilines is 4. The summed E-state index contributed by atoms with van der Waals surface area (Å²) in [5.74, 6) is 2.43. The molecule has 1 aliphatic carbocycles. The number of aryl methyl sites for hydroxylation is 8. The van der Waals surface area contributed by atoms with Crippen LogP contribution in [0.15, 0.2) is 146 Å². The van der Waals surface area contributed by atoms with Crippen LogP contribution in [0.5, 0.6) is 0 Å². The van der Waals surface area contributed by atoms with E-state index in [1.807, 2.05) is 12.3 Å². The zero-order valence-corrected chi connectivity index (χ0v) is 48.4. The lowest BCUT2D eigenvalue weighted by molar-refractivity contribution is -0.665. The first-order valence-electron chi connectivity index (χ1n) is 28.6. The van der Waals surface area contributed by atoms with Gasteiger partial charge in [-0.25, -0.2) is 14.0 Å². The Morgan fingerprint density at radius 1 is 0.620 bits per heavy atom. The van der Waals surface area contributed by atoms with Crippen molar-refractivity contribution in [2.75, 3.05) is 9.80 Å². The molecule has 10 aromatic rings. The van der Waals surface area contributed by atoms with Gasteiger partial charge in [0.1, 0.15) is 17.2 Å². The molecule has 6 nitrogen and oxygen atoms in total. The summed E-state index contributed by atoms with van der Waals surface area (Å²) in [7, 11) is 2.24. The largest absolute Gasteiger partial charge is 0.309 e. The number of amidine groups is 1. The second-order valence-electron chi connectivity index (χ2n) is 25.9. The molecule has 0 spiro atoms. The van der Waals surface area contributed by atoms with Crippen LogP contribution < -0.4 is 14.4 Å². The van der Waals surface area contributed by atoms with E-state index in [-0.39, 0.29) is 22.9 Å². The first-order chi connectivity index (χ1) is 37.8. The average Bonchev–Trinajstić information content (AvgIpc) is 2.36. The molecule has 0 amide bonds. The number of aromatic nitrogens is 3. The van der Waals surface area contributed by atoms with Crippen molar-refractivity contribution >= 4 is 50.4 Å². The molecule has 0 radical (unpaired) electrons. The SMILES string of the molecule is Cc1cc(C)c(N2C3=[N+](C4Cc5c3cc(-c3ccccn3)cc5N3c5ccccc5C(C)(C)c5cc6c7ccccc7n(-c7cc(C(C)(C)C)cc[n+]7C)c6c4c53)[C@]3(C)c4cc(C)cc(C)c4-c4c(C)cc(C)cc4[C@H]23)c(C)c1. The minimum atomic E-state index is -0.595. The van der Waals surface area contributed by atoms with Gasteiger partial charge in [0.25, 0.3) is 11.7 Å². The summed E-state index contributed by atoms with van der Waals surface area (Å²) in [5, 5.41) is 2.56. The van der Waals surface area contributed by atoms with Crippen molar-refractivity contribution in [3.8, 4) is 28.2 Å². The first-order valence-corrected chi connectivity index (χ1v) is 28.6. The Hall–Kier alpha value is -8.09. The summed E-state index contributed by atoms with van der Waals surface area (Å²) in [6.45, 7) is 30.9. The minimum absolute atomic E-state index is 0.0691. The Kier molecular flexibility index (Phi) is 9.75. The van der Waals surface area contributed by atoms with Crippen molar-refractivity contribution in [3.63, 3.8) is 0 Å². The summed E-state index contributed by atoms with van der Waals surface area (Å²) in [6.07, 6.45) is 5.05. The zero-order valence-electron chi connectivity index (χ0n) is 48.4. The molecule has 0 fully saturated rings. The molecular weight excluding hydrogens is 961 g/mol. The van der Waals surface area contributed by atoms with Crippen molar-refractivity contribution in [2.45, 2.75) is 125 Å². The van der Waals surface area contributed by atoms with Gasteiger partial charge in [0, 0.05) is 51.6 Å². The van der Waals surface area contributed by atoms with Gasteiger partial charge < -0.3 is 4.90 Å². The molecule has 5 aliphatic rings. The third-order valence-corrected chi connectivity index (χ3v) is 19.3. The van der Waals surface area contributed by atoms with Crippen LogP contribution in [0.2, 0.25) is 0 Å². The number of rotatable bonds is 3. The summed E-state index contributed by atoms with van der Waals surface area (Å²) in [6, 6.07) is 51.9. The predicted octanol–water partition coefficient (Wildman–Crippen LogP) is 16.8. The van der Waals surface area contributed by atoms with Gasteiger partial charge in [0.05, 0.1) is 47.1 Å². The average molecular weight is 1030 g/mol. The Morgan fingerprint density at radius 2 is 1.30 bits per heavy atom. The first kappa shape index (κ1) is 48.1. The quantitative estimate of drug-likeness (QED) is 0.165. The lowest BCUT2D eigenvalue weighted by atomic mass is 9.67. The fraction of sp³-hybridized carbons (Fsp3) is 0.274. The van der Waals surface area contributed by atoms with Crippen LogP contribution in [0, 0.1) is 48.5 Å². The number of nitrogens with zero attached hydrogens (tertiary/aromatic N) is 6. The van der Waals surface area contributed by atoms with E-state index < -0.39 is 5.54 Å². The third-order valence-electron chi connectivity index (χ3n) is 19.3. The van der Waals surface area contributed by atoms with Crippen LogP contribution >= 0.6 is 0 Å². The van der Waals surface area contributed by atoms with Gasteiger partial charge in [-0.2, -0.15) is 4.57 Å². The highest BCUT2D eigenvalue weighted by molar-refractivity contribution is 6.17. The Bertz CT molecular complexity index is 4400. The fourth-order valence-corrected chi connectivity index (χ4v) is 16.2. The molecule has 4 bridgehead atoms. The summed E-state index contributed by atoms with van der Waals surface area (Å²) >= 11 is 0. The third kappa shape index (κ3) is 6.26. The van der Waals surface area contributed by atoms with E-state index in [4.69, 9.17) is 4.98 Å². The molecule has 0 N–H and O–H groups in total. The number of hydrogen-bond donors (Lipinski definition) is 0. The van der Waals surface area contributed by atoms with Crippen LogP contribution in [0.4, 0.5) is 22.7 Å². The number of benzene rings is 7. The smallest absolute Gasteiger partial charge is 0.287 e. The molecule has 1 unspecified atom stereocenters. The molecule has 3 aromatic heterocycles. The topological polar surface area (TPSA) is 31.2 Å². The van der Waals surface area contributed by atoms with Crippen molar-refractivity contribution < 1.29 is 9.14 Å². The maximum absolute atomic E-state index is 5.17.